The van der Waals surface area contributed by atoms with Crippen molar-refractivity contribution >= 4 is 5.91 Å². The highest BCUT2D eigenvalue weighted by Gasteiger charge is 2.45. The van der Waals surface area contributed by atoms with Gasteiger partial charge in [0.25, 0.3) is 5.91 Å². The zero-order valence-electron chi connectivity index (χ0n) is 18.1. The number of hydrogen-bond acceptors (Lipinski definition) is 2. The third kappa shape index (κ3) is 4.14. The molecule has 1 aromatic heterocycles. The van der Waals surface area contributed by atoms with E-state index in [0.717, 1.165) is 18.4 Å². The average molecular weight is 411 g/mol. The van der Waals surface area contributed by atoms with E-state index < -0.39 is 0 Å². The Balaban J connectivity index is 1.28. The van der Waals surface area contributed by atoms with Crippen LogP contribution in [-0.2, 0) is 6.42 Å². The lowest BCUT2D eigenvalue weighted by atomic mass is 9.84. The molecular formula is C28H30N2O. The van der Waals surface area contributed by atoms with Crippen LogP contribution in [0.3, 0.4) is 0 Å². The third-order valence-electron chi connectivity index (χ3n) is 7.39. The molecule has 1 unspecified atom stereocenters. The quantitative estimate of drug-likeness (QED) is 0.575. The van der Waals surface area contributed by atoms with Crippen molar-refractivity contribution < 1.29 is 4.79 Å². The van der Waals surface area contributed by atoms with Crippen LogP contribution < -0.4 is 5.32 Å². The highest BCUT2D eigenvalue weighted by Crippen LogP contribution is 2.49. The van der Waals surface area contributed by atoms with Crippen LogP contribution in [0.2, 0.25) is 0 Å². The Morgan fingerprint density at radius 1 is 0.935 bits per heavy atom. The van der Waals surface area contributed by atoms with E-state index in [4.69, 9.17) is 0 Å². The monoisotopic (exact) mass is 410 g/mol. The smallest absolute Gasteiger partial charge is 0.253 e. The predicted octanol–water partition coefficient (Wildman–Crippen LogP) is 5.83. The molecule has 4 atom stereocenters. The summed E-state index contributed by atoms with van der Waals surface area (Å²) in [5.41, 5.74) is 5.82. The summed E-state index contributed by atoms with van der Waals surface area (Å²) in [5, 5.41) is 3.34. The Morgan fingerprint density at radius 2 is 1.71 bits per heavy atom. The molecule has 2 aliphatic rings. The van der Waals surface area contributed by atoms with Gasteiger partial charge in [0, 0.05) is 18.4 Å². The van der Waals surface area contributed by atoms with Crippen LogP contribution in [0, 0.1) is 24.7 Å². The largest absolute Gasteiger partial charge is 0.349 e. The number of nitrogens with one attached hydrogen (secondary N) is 1. The molecule has 3 aromatic rings. The molecule has 158 valence electrons. The van der Waals surface area contributed by atoms with Gasteiger partial charge in [0.15, 0.2) is 0 Å². The van der Waals surface area contributed by atoms with Crippen molar-refractivity contribution in [3.63, 3.8) is 0 Å². The summed E-state index contributed by atoms with van der Waals surface area (Å²) < 4.78 is 0. The number of nitrogens with zero attached hydrogens (tertiary/aromatic N) is 1. The van der Waals surface area contributed by atoms with Crippen molar-refractivity contribution in [1.29, 1.82) is 0 Å². The normalized spacial score (nSPS) is 24.7. The number of benzene rings is 2. The molecular weight excluding hydrogens is 380 g/mol. The van der Waals surface area contributed by atoms with Crippen LogP contribution in [0.5, 0.6) is 0 Å². The summed E-state index contributed by atoms with van der Waals surface area (Å²) in [6.07, 6.45) is 9.40. The fourth-order valence-electron chi connectivity index (χ4n) is 5.96. The number of pyridine rings is 1. The maximum Gasteiger partial charge on any atom is 0.253 e. The lowest BCUT2D eigenvalue weighted by Gasteiger charge is -2.22. The zero-order valence-corrected chi connectivity index (χ0v) is 18.1. The minimum atomic E-state index is 0.0275. The number of fused-ring (bicyclic) bond motifs is 1. The van der Waals surface area contributed by atoms with Crippen molar-refractivity contribution in [2.24, 2.45) is 17.8 Å². The number of rotatable bonds is 5. The topological polar surface area (TPSA) is 42.0 Å². The molecule has 1 heterocycles. The van der Waals surface area contributed by atoms with Gasteiger partial charge >= 0.3 is 0 Å². The van der Waals surface area contributed by atoms with Gasteiger partial charge in [-0.1, -0.05) is 54.6 Å². The number of carbonyl (C=O) groups is 1. The third-order valence-corrected chi connectivity index (χ3v) is 7.39. The summed E-state index contributed by atoms with van der Waals surface area (Å²) >= 11 is 0. The SMILES string of the molecule is Cc1cncc(C(=O)N[C@H]2CC[C@H]3C(Cc4ccccc4-c4ccccc4)CC[C@@H]23)c1. The van der Waals surface area contributed by atoms with Crippen molar-refractivity contribution in [2.45, 2.75) is 45.1 Å². The number of hydrogen-bond donors (Lipinski definition) is 1. The molecule has 1 amide bonds. The molecule has 2 saturated carbocycles. The second-order valence-electron chi connectivity index (χ2n) is 9.30. The van der Waals surface area contributed by atoms with Crippen LogP contribution in [-0.4, -0.2) is 16.9 Å². The van der Waals surface area contributed by atoms with Crippen molar-refractivity contribution in [3.05, 3.63) is 89.7 Å². The molecule has 31 heavy (non-hydrogen) atoms. The van der Waals surface area contributed by atoms with Gasteiger partial charge in [-0.2, -0.15) is 0 Å². The predicted molar refractivity (Wildman–Crippen MR) is 125 cm³/mol. The fourth-order valence-corrected chi connectivity index (χ4v) is 5.96. The fraction of sp³-hybridized carbons (Fsp3) is 0.357. The van der Waals surface area contributed by atoms with Gasteiger partial charge < -0.3 is 5.32 Å². The molecule has 3 nitrogen and oxygen atoms in total. The number of aryl methyl sites for hydroxylation is 1. The van der Waals surface area contributed by atoms with Gasteiger partial charge in [0.05, 0.1) is 5.56 Å². The molecule has 2 aromatic carbocycles. The van der Waals surface area contributed by atoms with Gasteiger partial charge in [-0.3, -0.25) is 9.78 Å². The van der Waals surface area contributed by atoms with Crippen LogP contribution in [0.4, 0.5) is 0 Å². The summed E-state index contributed by atoms with van der Waals surface area (Å²) in [4.78, 5) is 16.9. The first-order chi connectivity index (χ1) is 15.2. The Bertz CT molecular complexity index is 1060. The first-order valence-electron chi connectivity index (χ1n) is 11.5. The summed E-state index contributed by atoms with van der Waals surface area (Å²) in [6, 6.07) is 21.8. The van der Waals surface area contributed by atoms with Gasteiger partial charge in [-0.05, 0) is 85.1 Å². The maximum absolute atomic E-state index is 12.8. The average Bonchev–Trinajstić information content (AvgIpc) is 3.38. The first-order valence-corrected chi connectivity index (χ1v) is 11.5. The summed E-state index contributed by atoms with van der Waals surface area (Å²) in [6.45, 7) is 1.98. The van der Waals surface area contributed by atoms with E-state index in [1.807, 2.05) is 13.0 Å². The number of aromatic nitrogens is 1. The van der Waals surface area contributed by atoms with Gasteiger partial charge in [0.2, 0.25) is 0 Å². The number of carbonyl (C=O) groups excluding carboxylic acids is 1. The minimum Gasteiger partial charge on any atom is -0.349 e. The van der Waals surface area contributed by atoms with E-state index in [2.05, 4.69) is 64.9 Å². The van der Waals surface area contributed by atoms with E-state index in [9.17, 15) is 4.79 Å². The van der Waals surface area contributed by atoms with E-state index in [1.165, 1.54) is 36.0 Å². The summed E-state index contributed by atoms with van der Waals surface area (Å²) in [7, 11) is 0. The molecule has 0 bridgehead atoms. The Kier molecular flexibility index (Phi) is 5.59. The molecule has 3 heteroatoms. The molecule has 0 radical (unpaired) electrons. The Labute approximate surface area is 184 Å². The number of amides is 1. The van der Waals surface area contributed by atoms with Crippen LogP contribution in [0.15, 0.2) is 73.1 Å². The Hall–Kier alpha value is -2.94. The lowest BCUT2D eigenvalue weighted by Crippen LogP contribution is -2.37. The van der Waals surface area contributed by atoms with Crippen LogP contribution in [0.25, 0.3) is 11.1 Å². The molecule has 2 fully saturated rings. The first kappa shape index (κ1) is 20.0. The van der Waals surface area contributed by atoms with Gasteiger partial charge in [-0.15, -0.1) is 0 Å². The van der Waals surface area contributed by atoms with E-state index in [1.54, 1.807) is 12.4 Å². The standard InChI is InChI=1S/C28H30N2O/c1-19-15-23(18-29-17-19)28(31)30-27-14-13-25-22(11-12-26(25)27)16-21-9-5-6-10-24(21)20-7-3-2-4-8-20/h2-10,15,17-18,22,25-27H,11-14,16H2,1H3,(H,30,31)/t22?,25-,26+,27-/m0/s1. The second kappa shape index (κ2) is 8.66. The van der Waals surface area contributed by atoms with Gasteiger partial charge in [0.1, 0.15) is 0 Å². The van der Waals surface area contributed by atoms with E-state index in [0.29, 0.717) is 29.4 Å². The van der Waals surface area contributed by atoms with E-state index in [-0.39, 0.29) is 5.91 Å². The molecule has 1 N–H and O–H groups in total. The lowest BCUT2D eigenvalue weighted by molar-refractivity contribution is 0.0925. The van der Waals surface area contributed by atoms with E-state index >= 15 is 0 Å². The molecule has 0 spiro atoms. The highest BCUT2D eigenvalue weighted by molar-refractivity contribution is 5.94. The highest BCUT2D eigenvalue weighted by atomic mass is 16.1. The van der Waals surface area contributed by atoms with Crippen LogP contribution in [0.1, 0.15) is 47.2 Å². The molecule has 0 saturated heterocycles. The zero-order chi connectivity index (χ0) is 21.2. The molecule has 2 aliphatic carbocycles. The molecule has 0 aliphatic heterocycles. The minimum absolute atomic E-state index is 0.0275. The second-order valence-corrected chi connectivity index (χ2v) is 9.30. The van der Waals surface area contributed by atoms with Gasteiger partial charge in [-0.25, -0.2) is 0 Å². The van der Waals surface area contributed by atoms with Crippen molar-refractivity contribution in [1.82, 2.24) is 10.3 Å². The van der Waals surface area contributed by atoms with Crippen LogP contribution >= 0.6 is 0 Å². The maximum atomic E-state index is 12.8. The van der Waals surface area contributed by atoms with Crippen molar-refractivity contribution in [2.75, 3.05) is 0 Å². The Morgan fingerprint density at radius 3 is 2.55 bits per heavy atom. The van der Waals surface area contributed by atoms with Crippen molar-refractivity contribution in [3.8, 4) is 11.1 Å². The molecule has 5 rings (SSSR count). The summed E-state index contributed by atoms with van der Waals surface area (Å²) in [5.74, 6) is 2.05.